The van der Waals surface area contributed by atoms with Gasteiger partial charge in [-0.2, -0.15) is 5.10 Å². The van der Waals surface area contributed by atoms with Crippen LogP contribution in [0.5, 0.6) is 0 Å². The van der Waals surface area contributed by atoms with Gasteiger partial charge in [0.15, 0.2) is 0 Å². The third-order valence-corrected chi connectivity index (χ3v) is 4.52. The zero-order valence-electron chi connectivity index (χ0n) is 12.9. The first-order valence-electron chi connectivity index (χ1n) is 8.19. The van der Waals surface area contributed by atoms with E-state index in [4.69, 9.17) is 10.7 Å². The molecule has 8 heteroatoms. The fraction of sp³-hybridized carbons (Fsp3) is 0.600. The van der Waals surface area contributed by atoms with Crippen molar-refractivity contribution >= 4 is 5.82 Å². The minimum Gasteiger partial charge on any atom is -0.370 e. The summed E-state index contributed by atoms with van der Waals surface area (Å²) in [5.41, 5.74) is 6.74. The number of nitrogens with zero attached hydrogens (tertiary/aromatic N) is 3. The van der Waals surface area contributed by atoms with E-state index < -0.39 is 0 Å². The molecule has 5 N–H and O–H groups in total. The van der Waals surface area contributed by atoms with Crippen LogP contribution in [-0.4, -0.2) is 37.7 Å². The number of H-pyrrole nitrogens is 2. The molecule has 0 aromatic carbocycles. The van der Waals surface area contributed by atoms with Crippen LogP contribution in [0, 0.1) is 0 Å². The van der Waals surface area contributed by atoms with E-state index >= 15 is 0 Å². The molecule has 0 unspecified atom stereocenters. The average molecular weight is 315 g/mol. The van der Waals surface area contributed by atoms with Crippen molar-refractivity contribution in [2.24, 2.45) is 5.73 Å². The lowest BCUT2D eigenvalue weighted by Gasteiger charge is -2.32. The number of nitrogens with two attached hydrogens (primary N) is 1. The van der Waals surface area contributed by atoms with Crippen molar-refractivity contribution in [2.45, 2.75) is 50.0 Å². The maximum Gasteiger partial charge on any atom is 0.340 e. The molecule has 2 aromatic rings. The minimum atomic E-state index is -0.276. The first-order chi connectivity index (χ1) is 11.2. The Hall–Kier alpha value is -2.22. The van der Waals surface area contributed by atoms with E-state index in [0.29, 0.717) is 36.7 Å². The van der Waals surface area contributed by atoms with Crippen LogP contribution < -0.4 is 16.7 Å². The summed E-state index contributed by atoms with van der Waals surface area (Å²) in [6.45, 7) is 0.658. The third kappa shape index (κ3) is 3.26. The maximum atomic E-state index is 11.0. The predicted octanol–water partition coefficient (Wildman–Crippen LogP) is 0.625. The van der Waals surface area contributed by atoms with Gasteiger partial charge in [-0.3, -0.25) is 4.98 Å². The molecule has 0 saturated heterocycles. The van der Waals surface area contributed by atoms with E-state index in [-0.39, 0.29) is 5.69 Å². The Morgan fingerprint density at radius 2 is 2.09 bits per heavy atom. The van der Waals surface area contributed by atoms with Gasteiger partial charge in [0.25, 0.3) is 0 Å². The van der Waals surface area contributed by atoms with Gasteiger partial charge in [0.05, 0.1) is 0 Å². The van der Waals surface area contributed by atoms with Crippen molar-refractivity contribution in [2.75, 3.05) is 11.9 Å². The van der Waals surface area contributed by atoms with E-state index in [9.17, 15) is 4.79 Å². The Labute approximate surface area is 133 Å². The minimum absolute atomic E-state index is 0.276. The van der Waals surface area contributed by atoms with Gasteiger partial charge in [0, 0.05) is 42.6 Å². The molecule has 0 aliphatic heterocycles. The van der Waals surface area contributed by atoms with Crippen molar-refractivity contribution in [3.8, 4) is 0 Å². The second kappa shape index (κ2) is 5.77. The number of nitrogens with one attached hydrogen (secondary N) is 3. The topological polar surface area (TPSA) is 125 Å². The highest BCUT2D eigenvalue weighted by atomic mass is 16.1. The second-order valence-electron chi connectivity index (χ2n) is 6.54. The van der Waals surface area contributed by atoms with Gasteiger partial charge in [0.2, 0.25) is 0 Å². The Bertz CT molecular complexity index is 742. The number of aromatic nitrogens is 5. The molecule has 0 atom stereocenters. The first-order valence-corrected chi connectivity index (χ1v) is 8.19. The maximum absolute atomic E-state index is 11.0. The summed E-state index contributed by atoms with van der Waals surface area (Å²) in [6.07, 6.45) is 5.01. The summed E-state index contributed by atoms with van der Waals surface area (Å²) in [4.78, 5) is 23.0. The zero-order chi connectivity index (χ0) is 15.8. The first kappa shape index (κ1) is 14.4. The third-order valence-electron chi connectivity index (χ3n) is 4.52. The number of hydrogen-bond donors (Lipinski definition) is 4. The Kier molecular flexibility index (Phi) is 3.60. The van der Waals surface area contributed by atoms with Crippen molar-refractivity contribution in [1.82, 2.24) is 25.1 Å². The van der Waals surface area contributed by atoms with Gasteiger partial charge in [-0.1, -0.05) is 0 Å². The van der Waals surface area contributed by atoms with Crippen LogP contribution in [0.3, 0.4) is 0 Å². The standard InChI is InChI=1S/C15H21N7O/c16-10-5-9(6-10)11-7-13(19-14(18-11)8-1-2-8)17-4-3-12-20-15(23)22-21-12/h7-10H,1-6,16H2,(H,17,18,19)(H2,20,21,22,23). The predicted molar refractivity (Wildman–Crippen MR) is 85.4 cm³/mol. The summed E-state index contributed by atoms with van der Waals surface area (Å²) in [5, 5.41) is 9.59. The molecular weight excluding hydrogens is 294 g/mol. The van der Waals surface area contributed by atoms with Crippen molar-refractivity contribution in [1.29, 1.82) is 0 Å². The van der Waals surface area contributed by atoms with E-state index in [1.807, 2.05) is 6.07 Å². The molecule has 2 aliphatic rings. The molecule has 2 saturated carbocycles. The average Bonchev–Trinajstić information content (AvgIpc) is 3.27. The van der Waals surface area contributed by atoms with E-state index in [1.54, 1.807) is 0 Å². The molecule has 122 valence electrons. The summed E-state index contributed by atoms with van der Waals surface area (Å²) in [5.74, 6) is 3.44. The van der Waals surface area contributed by atoms with Crippen molar-refractivity contribution < 1.29 is 0 Å². The summed E-state index contributed by atoms with van der Waals surface area (Å²) < 4.78 is 0. The molecule has 4 rings (SSSR count). The second-order valence-corrected chi connectivity index (χ2v) is 6.54. The number of rotatable bonds is 6. The van der Waals surface area contributed by atoms with Gasteiger partial charge < -0.3 is 11.1 Å². The largest absolute Gasteiger partial charge is 0.370 e. The monoisotopic (exact) mass is 315 g/mol. The number of anilines is 1. The van der Waals surface area contributed by atoms with Crippen LogP contribution >= 0.6 is 0 Å². The molecule has 23 heavy (non-hydrogen) atoms. The van der Waals surface area contributed by atoms with Crippen LogP contribution in [-0.2, 0) is 6.42 Å². The number of aromatic amines is 2. The lowest BCUT2D eigenvalue weighted by Crippen LogP contribution is -2.35. The van der Waals surface area contributed by atoms with E-state index in [2.05, 4.69) is 25.5 Å². The summed E-state index contributed by atoms with van der Waals surface area (Å²) >= 11 is 0. The SMILES string of the molecule is NC1CC(c2cc(NCCc3n[nH]c(=O)[nH]3)nc(C3CC3)n2)C1. The smallest absolute Gasteiger partial charge is 0.340 e. The van der Waals surface area contributed by atoms with Gasteiger partial charge in [-0.05, 0) is 25.7 Å². The molecule has 8 nitrogen and oxygen atoms in total. The van der Waals surface area contributed by atoms with Crippen LogP contribution in [0.4, 0.5) is 5.82 Å². The normalized spacial score (nSPS) is 23.5. The van der Waals surface area contributed by atoms with Crippen molar-refractivity contribution in [3.63, 3.8) is 0 Å². The summed E-state index contributed by atoms with van der Waals surface area (Å²) in [6, 6.07) is 2.35. The van der Waals surface area contributed by atoms with Crippen LogP contribution in [0.1, 0.15) is 54.9 Å². The molecule has 2 aliphatic carbocycles. The van der Waals surface area contributed by atoms with Gasteiger partial charge in [-0.15, -0.1) is 0 Å². The van der Waals surface area contributed by atoms with E-state index in [0.717, 1.165) is 30.2 Å². The highest BCUT2D eigenvalue weighted by molar-refractivity contribution is 5.39. The van der Waals surface area contributed by atoms with Crippen LogP contribution in [0.2, 0.25) is 0 Å². The highest BCUT2D eigenvalue weighted by Crippen LogP contribution is 2.41. The van der Waals surface area contributed by atoms with Crippen LogP contribution in [0.25, 0.3) is 0 Å². The Morgan fingerprint density at radius 1 is 1.26 bits per heavy atom. The lowest BCUT2D eigenvalue weighted by molar-refractivity contribution is 0.344. The van der Waals surface area contributed by atoms with Crippen LogP contribution in [0.15, 0.2) is 10.9 Å². The molecule has 0 bridgehead atoms. The molecule has 0 amide bonds. The van der Waals surface area contributed by atoms with Gasteiger partial charge in [0.1, 0.15) is 17.5 Å². The van der Waals surface area contributed by atoms with E-state index in [1.165, 1.54) is 12.8 Å². The fourth-order valence-electron chi connectivity index (χ4n) is 2.95. The molecule has 0 radical (unpaired) electrons. The van der Waals surface area contributed by atoms with Gasteiger partial charge >= 0.3 is 5.69 Å². The number of hydrogen-bond acceptors (Lipinski definition) is 6. The quantitative estimate of drug-likeness (QED) is 0.619. The zero-order valence-corrected chi connectivity index (χ0v) is 12.9. The Morgan fingerprint density at radius 3 is 2.74 bits per heavy atom. The molecular formula is C15H21N7O. The van der Waals surface area contributed by atoms with Crippen molar-refractivity contribution in [3.05, 3.63) is 33.9 Å². The Balaban J connectivity index is 1.44. The molecule has 2 fully saturated rings. The summed E-state index contributed by atoms with van der Waals surface area (Å²) in [7, 11) is 0. The van der Waals surface area contributed by atoms with Gasteiger partial charge in [-0.25, -0.2) is 19.9 Å². The highest BCUT2D eigenvalue weighted by Gasteiger charge is 2.32. The lowest BCUT2D eigenvalue weighted by atomic mass is 9.78. The molecule has 0 spiro atoms. The molecule has 2 aromatic heterocycles. The fourth-order valence-corrected chi connectivity index (χ4v) is 2.95. The molecule has 2 heterocycles.